The first kappa shape index (κ1) is 14.0. The molecule has 104 valence electrons. The number of nitrogens with zero attached hydrogens (tertiary/aromatic N) is 2. The highest BCUT2D eigenvalue weighted by molar-refractivity contribution is 5.82. The van der Waals surface area contributed by atoms with E-state index in [1.807, 2.05) is 37.4 Å². The first-order valence-corrected chi connectivity index (χ1v) is 6.96. The number of rotatable bonds is 5. The summed E-state index contributed by atoms with van der Waals surface area (Å²) in [6, 6.07) is 9.00. The molecule has 1 atom stereocenters. The van der Waals surface area contributed by atoms with Gasteiger partial charge in [-0.25, -0.2) is 0 Å². The topological polar surface area (TPSA) is 49.6 Å². The van der Waals surface area contributed by atoms with E-state index in [1.165, 1.54) is 12.8 Å². The monoisotopic (exact) mass is 261 g/mol. The molecule has 1 amide bonds. The minimum atomic E-state index is -0.551. The van der Waals surface area contributed by atoms with Crippen molar-refractivity contribution in [3.8, 4) is 0 Å². The third-order valence-electron chi connectivity index (χ3n) is 3.75. The van der Waals surface area contributed by atoms with Crippen LogP contribution in [-0.4, -0.2) is 48.9 Å². The van der Waals surface area contributed by atoms with E-state index in [2.05, 4.69) is 4.90 Å². The van der Waals surface area contributed by atoms with Gasteiger partial charge in [0, 0.05) is 20.1 Å². The van der Waals surface area contributed by atoms with Gasteiger partial charge < -0.3 is 15.5 Å². The molecule has 19 heavy (non-hydrogen) atoms. The van der Waals surface area contributed by atoms with Gasteiger partial charge in [0.25, 0.3) is 0 Å². The molecular formula is C15H23N3O. The number of likely N-dealkylation sites (N-methyl/N-ethyl adjacent to an activating group) is 1. The number of amides is 1. The molecule has 4 nitrogen and oxygen atoms in total. The van der Waals surface area contributed by atoms with Gasteiger partial charge in [0.15, 0.2) is 0 Å². The van der Waals surface area contributed by atoms with Gasteiger partial charge >= 0.3 is 0 Å². The SMILES string of the molecule is CN(CCN1CCCC1)C(=O)C(N)c1ccccc1. The van der Waals surface area contributed by atoms with Crippen LogP contribution in [-0.2, 0) is 4.79 Å². The molecule has 0 radical (unpaired) electrons. The smallest absolute Gasteiger partial charge is 0.243 e. The average Bonchev–Trinajstić information content (AvgIpc) is 2.97. The molecule has 1 saturated heterocycles. The van der Waals surface area contributed by atoms with Crippen LogP contribution in [0.1, 0.15) is 24.4 Å². The first-order valence-electron chi connectivity index (χ1n) is 6.96. The summed E-state index contributed by atoms with van der Waals surface area (Å²) in [6.07, 6.45) is 2.56. The highest BCUT2D eigenvalue weighted by Gasteiger charge is 2.20. The van der Waals surface area contributed by atoms with E-state index in [4.69, 9.17) is 5.73 Å². The summed E-state index contributed by atoms with van der Waals surface area (Å²) >= 11 is 0. The Bertz CT molecular complexity index is 401. The number of benzene rings is 1. The van der Waals surface area contributed by atoms with Crippen LogP contribution >= 0.6 is 0 Å². The molecular weight excluding hydrogens is 238 g/mol. The lowest BCUT2D eigenvalue weighted by molar-refractivity contribution is -0.131. The van der Waals surface area contributed by atoms with E-state index in [0.29, 0.717) is 0 Å². The fourth-order valence-corrected chi connectivity index (χ4v) is 2.45. The molecule has 0 aliphatic carbocycles. The second kappa shape index (κ2) is 6.68. The summed E-state index contributed by atoms with van der Waals surface area (Å²) in [5.41, 5.74) is 6.89. The molecule has 1 aliphatic heterocycles. The zero-order valence-electron chi connectivity index (χ0n) is 11.6. The summed E-state index contributed by atoms with van der Waals surface area (Å²) in [5, 5.41) is 0. The van der Waals surface area contributed by atoms with Crippen LogP contribution in [0.2, 0.25) is 0 Å². The van der Waals surface area contributed by atoms with Gasteiger partial charge in [-0.3, -0.25) is 4.79 Å². The predicted octanol–water partition coefficient (Wildman–Crippen LogP) is 1.24. The highest BCUT2D eigenvalue weighted by atomic mass is 16.2. The van der Waals surface area contributed by atoms with Gasteiger partial charge in [-0.2, -0.15) is 0 Å². The van der Waals surface area contributed by atoms with Crippen molar-refractivity contribution in [1.29, 1.82) is 0 Å². The minimum absolute atomic E-state index is 0.00889. The van der Waals surface area contributed by atoms with Crippen molar-refractivity contribution in [2.24, 2.45) is 5.73 Å². The lowest BCUT2D eigenvalue weighted by Crippen LogP contribution is -2.40. The van der Waals surface area contributed by atoms with Gasteiger partial charge in [-0.1, -0.05) is 30.3 Å². The fourth-order valence-electron chi connectivity index (χ4n) is 2.45. The minimum Gasteiger partial charge on any atom is -0.343 e. The van der Waals surface area contributed by atoms with E-state index < -0.39 is 6.04 Å². The number of likely N-dealkylation sites (tertiary alicyclic amines) is 1. The molecule has 1 aliphatic rings. The number of hydrogen-bond donors (Lipinski definition) is 1. The molecule has 2 N–H and O–H groups in total. The van der Waals surface area contributed by atoms with Crippen molar-refractivity contribution in [2.75, 3.05) is 33.2 Å². The molecule has 0 saturated carbocycles. The molecule has 0 bridgehead atoms. The summed E-state index contributed by atoms with van der Waals surface area (Å²) in [4.78, 5) is 16.4. The van der Waals surface area contributed by atoms with Crippen LogP contribution < -0.4 is 5.73 Å². The van der Waals surface area contributed by atoms with Crippen LogP contribution in [0.4, 0.5) is 0 Å². The maximum Gasteiger partial charge on any atom is 0.243 e. The van der Waals surface area contributed by atoms with Gasteiger partial charge in [0.2, 0.25) is 5.91 Å². The molecule has 0 aromatic heterocycles. The number of nitrogens with two attached hydrogens (primary N) is 1. The van der Waals surface area contributed by atoms with Crippen molar-refractivity contribution in [2.45, 2.75) is 18.9 Å². The maximum absolute atomic E-state index is 12.2. The Morgan fingerprint density at radius 1 is 1.32 bits per heavy atom. The number of carbonyl (C=O) groups is 1. The number of carbonyl (C=O) groups excluding carboxylic acids is 1. The average molecular weight is 261 g/mol. The van der Waals surface area contributed by atoms with Crippen molar-refractivity contribution < 1.29 is 4.79 Å². The van der Waals surface area contributed by atoms with Crippen molar-refractivity contribution in [1.82, 2.24) is 9.80 Å². The van der Waals surface area contributed by atoms with Crippen molar-refractivity contribution >= 4 is 5.91 Å². The van der Waals surface area contributed by atoms with Crippen LogP contribution in [0.15, 0.2) is 30.3 Å². The molecule has 1 aromatic carbocycles. The van der Waals surface area contributed by atoms with Crippen LogP contribution in [0, 0.1) is 0 Å². The Balaban J connectivity index is 1.84. The molecule has 1 unspecified atom stereocenters. The van der Waals surface area contributed by atoms with Gasteiger partial charge in [0.1, 0.15) is 6.04 Å². The summed E-state index contributed by atoms with van der Waals surface area (Å²) < 4.78 is 0. The largest absolute Gasteiger partial charge is 0.343 e. The van der Waals surface area contributed by atoms with Crippen LogP contribution in [0.25, 0.3) is 0 Å². The lowest BCUT2D eigenvalue weighted by atomic mass is 10.1. The van der Waals surface area contributed by atoms with Gasteiger partial charge in [-0.15, -0.1) is 0 Å². The van der Waals surface area contributed by atoms with Gasteiger partial charge in [0.05, 0.1) is 0 Å². The Labute approximate surface area is 115 Å². The summed E-state index contributed by atoms with van der Waals surface area (Å²) in [7, 11) is 1.83. The Hall–Kier alpha value is -1.39. The van der Waals surface area contributed by atoms with E-state index in [0.717, 1.165) is 31.7 Å². The van der Waals surface area contributed by atoms with E-state index in [-0.39, 0.29) is 5.91 Å². The Morgan fingerprint density at radius 3 is 2.58 bits per heavy atom. The van der Waals surface area contributed by atoms with Gasteiger partial charge in [-0.05, 0) is 31.5 Å². The predicted molar refractivity (Wildman–Crippen MR) is 76.7 cm³/mol. The van der Waals surface area contributed by atoms with E-state index >= 15 is 0 Å². The normalized spacial score (nSPS) is 17.4. The molecule has 1 fully saturated rings. The third kappa shape index (κ3) is 3.78. The van der Waals surface area contributed by atoms with Crippen molar-refractivity contribution in [3.63, 3.8) is 0 Å². The Kier molecular flexibility index (Phi) is 4.93. The molecule has 4 heteroatoms. The second-order valence-electron chi connectivity index (χ2n) is 5.20. The standard InChI is InChI=1S/C15H23N3O/c1-17(11-12-18-9-5-6-10-18)15(19)14(16)13-7-3-2-4-8-13/h2-4,7-8,14H,5-6,9-12,16H2,1H3. The Morgan fingerprint density at radius 2 is 1.95 bits per heavy atom. The second-order valence-corrected chi connectivity index (χ2v) is 5.20. The highest BCUT2D eigenvalue weighted by Crippen LogP contribution is 2.12. The third-order valence-corrected chi connectivity index (χ3v) is 3.75. The molecule has 0 spiro atoms. The first-order chi connectivity index (χ1) is 9.18. The van der Waals surface area contributed by atoms with Crippen molar-refractivity contribution in [3.05, 3.63) is 35.9 Å². The molecule has 1 aromatic rings. The number of hydrogen-bond acceptors (Lipinski definition) is 3. The molecule has 2 rings (SSSR count). The summed E-state index contributed by atoms with van der Waals surface area (Å²) in [5.74, 6) is -0.00889. The van der Waals surface area contributed by atoms with E-state index in [9.17, 15) is 4.79 Å². The molecule has 1 heterocycles. The maximum atomic E-state index is 12.2. The lowest BCUT2D eigenvalue weighted by Gasteiger charge is -2.24. The zero-order valence-corrected chi connectivity index (χ0v) is 11.6. The zero-order chi connectivity index (χ0) is 13.7. The van der Waals surface area contributed by atoms with Crippen LogP contribution in [0.5, 0.6) is 0 Å². The fraction of sp³-hybridized carbons (Fsp3) is 0.533. The summed E-state index contributed by atoms with van der Waals surface area (Å²) in [6.45, 7) is 4.02. The van der Waals surface area contributed by atoms with Crippen LogP contribution in [0.3, 0.4) is 0 Å². The quantitative estimate of drug-likeness (QED) is 0.867. The van der Waals surface area contributed by atoms with E-state index in [1.54, 1.807) is 4.90 Å².